The molecular formula is C16H21BrN2O4. The van der Waals surface area contributed by atoms with Gasteiger partial charge < -0.3 is 24.8 Å². The molecule has 0 radical (unpaired) electrons. The van der Waals surface area contributed by atoms with Crippen LogP contribution in [0.5, 0.6) is 11.5 Å². The fourth-order valence-electron chi connectivity index (χ4n) is 3.05. The second kappa shape index (κ2) is 7.07. The molecule has 1 amide bonds. The van der Waals surface area contributed by atoms with Gasteiger partial charge in [0.25, 0.3) is 5.91 Å². The van der Waals surface area contributed by atoms with E-state index in [9.17, 15) is 4.79 Å². The van der Waals surface area contributed by atoms with Crippen molar-refractivity contribution in [2.24, 2.45) is 11.7 Å². The number of nitrogens with zero attached hydrogens (tertiary/aromatic N) is 1. The minimum Gasteiger partial charge on any atom is -0.486 e. The SMILES string of the molecule is CCO[C@@H]1CN(C(=O)c2cc(Br)c3c(c2)OCCO3)C[C@H]1CN. The Hall–Kier alpha value is -1.31. The summed E-state index contributed by atoms with van der Waals surface area (Å²) >= 11 is 3.45. The van der Waals surface area contributed by atoms with Gasteiger partial charge in [-0.2, -0.15) is 0 Å². The molecule has 2 aliphatic heterocycles. The normalized spacial score (nSPS) is 23.2. The number of likely N-dealkylation sites (tertiary alicyclic amines) is 1. The lowest BCUT2D eigenvalue weighted by atomic mass is 10.1. The molecule has 0 aromatic heterocycles. The lowest BCUT2D eigenvalue weighted by Gasteiger charge is -2.22. The lowest BCUT2D eigenvalue weighted by molar-refractivity contribution is 0.0432. The molecule has 126 valence electrons. The monoisotopic (exact) mass is 384 g/mol. The molecule has 0 unspecified atom stereocenters. The number of halogens is 1. The highest BCUT2D eigenvalue weighted by atomic mass is 79.9. The molecule has 0 bridgehead atoms. The summed E-state index contributed by atoms with van der Waals surface area (Å²) in [6, 6.07) is 3.52. The van der Waals surface area contributed by atoms with E-state index >= 15 is 0 Å². The summed E-state index contributed by atoms with van der Waals surface area (Å²) in [5.74, 6) is 1.40. The zero-order valence-corrected chi connectivity index (χ0v) is 14.7. The van der Waals surface area contributed by atoms with Gasteiger partial charge in [0.15, 0.2) is 11.5 Å². The molecule has 3 rings (SSSR count). The van der Waals surface area contributed by atoms with E-state index in [0.29, 0.717) is 56.5 Å². The highest BCUT2D eigenvalue weighted by Crippen LogP contribution is 2.39. The van der Waals surface area contributed by atoms with Gasteiger partial charge in [-0.05, 0) is 41.5 Å². The molecule has 0 spiro atoms. The van der Waals surface area contributed by atoms with Gasteiger partial charge in [0, 0.05) is 31.2 Å². The zero-order valence-electron chi connectivity index (χ0n) is 13.1. The van der Waals surface area contributed by atoms with E-state index < -0.39 is 0 Å². The molecule has 7 heteroatoms. The standard InChI is InChI=1S/C16H21BrN2O4/c1-2-21-14-9-19(8-11(14)7-18)16(20)10-5-12(17)15-13(6-10)22-3-4-23-15/h5-6,11,14H,2-4,7-9,18H2,1H3/t11-,14-/m1/s1. The van der Waals surface area contributed by atoms with Gasteiger partial charge in [0.2, 0.25) is 0 Å². The second-order valence-electron chi connectivity index (χ2n) is 5.68. The van der Waals surface area contributed by atoms with Crippen molar-refractivity contribution in [1.29, 1.82) is 0 Å². The van der Waals surface area contributed by atoms with Gasteiger partial charge >= 0.3 is 0 Å². The van der Waals surface area contributed by atoms with Crippen LogP contribution in [0, 0.1) is 5.92 Å². The van der Waals surface area contributed by atoms with Gasteiger partial charge in [0.05, 0.1) is 10.6 Å². The summed E-state index contributed by atoms with van der Waals surface area (Å²) in [6.45, 7) is 5.28. The van der Waals surface area contributed by atoms with Crippen LogP contribution in [0.25, 0.3) is 0 Å². The van der Waals surface area contributed by atoms with Crippen molar-refractivity contribution in [2.75, 3.05) is 39.5 Å². The van der Waals surface area contributed by atoms with Gasteiger partial charge in [-0.1, -0.05) is 0 Å². The maximum absolute atomic E-state index is 12.8. The van der Waals surface area contributed by atoms with E-state index in [4.69, 9.17) is 19.9 Å². The zero-order chi connectivity index (χ0) is 16.4. The molecule has 6 nitrogen and oxygen atoms in total. The van der Waals surface area contributed by atoms with Crippen molar-refractivity contribution in [3.05, 3.63) is 22.2 Å². The highest BCUT2D eigenvalue weighted by Gasteiger charge is 2.35. The molecule has 1 aromatic carbocycles. The maximum Gasteiger partial charge on any atom is 0.254 e. The summed E-state index contributed by atoms with van der Waals surface area (Å²) in [4.78, 5) is 14.6. The first-order valence-corrected chi connectivity index (χ1v) is 8.63. The van der Waals surface area contributed by atoms with Crippen LogP contribution in [-0.2, 0) is 4.74 Å². The minimum atomic E-state index is -0.0386. The molecule has 2 aliphatic rings. The Balaban J connectivity index is 1.79. The van der Waals surface area contributed by atoms with E-state index in [1.807, 2.05) is 6.92 Å². The summed E-state index contributed by atoms with van der Waals surface area (Å²) in [6.07, 6.45) is 0.00889. The first-order chi connectivity index (χ1) is 11.1. The number of hydrogen-bond donors (Lipinski definition) is 1. The number of benzene rings is 1. The Morgan fingerprint density at radius 1 is 1.39 bits per heavy atom. The summed E-state index contributed by atoms with van der Waals surface area (Å²) in [7, 11) is 0. The number of fused-ring (bicyclic) bond motifs is 1. The number of amides is 1. The van der Waals surface area contributed by atoms with E-state index in [1.54, 1.807) is 17.0 Å². The van der Waals surface area contributed by atoms with Crippen LogP contribution in [0.4, 0.5) is 0 Å². The van der Waals surface area contributed by atoms with Crippen LogP contribution in [-0.4, -0.2) is 56.4 Å². The number of rotatable bonds is 4. The third kappa shape index (κ3) is 3.32. The Kier molecular flexibility index (Phi) is 5.08. The number of carbonyl (C=O) groups is 1. The fourth-order valence-corrected chi connectivity index (χ4v) is 3.61. The third-order valence-corrected chi connectivity index (χ3v) is 4.78. The molecule has 2 heterocycles. The quantitative estimate of drug-likeness (QED) is 0.854. The molecular weight excluding hydrogens is 364 g/mol. The van der Waals surface area contributed by atoms with E-state index in [0.717, 1.165) is 4.47 Å². The predicted molar refractivity (Wildman–Crippen MR) is 89.0 cm³/mol. The number of carbonyl (C=O) groups excluding carboxylic acids is 1. The van der Waals surface area contributed by atoms with Crippen molar-refractivity contribution in [3.8, 4) is 11.5 Å². The fraction of sp³-hybridized carbons (Fsp3) is 0.562. The molecule has 1 aromatic rings. The van der Waals surface area contributed by atoms with E-state index in [2.05, 4.69) is 15.9 Å². The molecule has 2 N–H and O–H groups in total. The Bertz CT molecular complexity index is 596. The summed E-state index contributed by atoms with van der Waals surface area (Å²) in [5, 5.41) is 0. The van der Waals surface area contributed by atoms with Crippen molar-refractivity contribution in [3.63, 3.8) is 0 Å². The Labute approximate surface area is 144 Å². The summed E-state index contributed by atoms with van der Waals surface area (Å²) < 4.78 is 17.6. The van der Waals surface area contributed by atoms with Gasteiger partial charge in [0.1, 0.15) is 13.2 Å². The summed E-state index contributed by atoms with van der Waals surface area (Å²) in [5.41, 5.74) is 6.39. The highest BCUT2D eigenvalue weighted by molar-refractivity contribution is 9.10. The number of ether oxygens (including phenoxy) is 3. The smallest absolute Gasteiger partial charge is 0.254 e. The topological polar surface area (TPSA) is 74.0 Å². The van der Waals surface area contributed by atoms with Crippen LogP contribution in [0.1, 0.15) is 17.3 Å². The predicted octanol–water partition coefficient (Wildman–Crippen LogP) is 1.66. The van der Waals surface area contributed by atoms with Gasteiger partial charge in [-0.15, -0.1) is 0 Å². The molecule has 23 heavy (non-hydrogen) atoms. The molecule has 1 fully saturated rings. The lowest BCUT2D eigenvalue weighted by Crippen LogP contribution is -2.30. The van der Waals surface area contributed by atoms with Crippen LogP contribution in [0.3, 0.4) is 0 Å². The molecule has 2 atom stereocenters. The Morgan fingerprint density at radius 3 is 2.91 bits per heavy atom. The van der Waals surface area contributed by atoms with E-state index in [-0.39, 0.29) is 17.9 Å². The number of nitrogens with two attached hydrogens (primary N) is 1. The second-order valence-corrected chi connectivity index (χ2v) is 6.54. The molecule has 0 saturated carbocycles. The van der Waals surface area contributed by atoms with Gasteiger partial charge in [-0.3, -0.25) is 4.79 Å². The maximum atomic E-state index is 12.8. The number of hydrogen-bond acceptors (Lipinski definition) is 5. The van der Waals surface area contributed by atoms with Gasteiger partial charge in [-0.25, -0.2) is 0 Å². The average molecular weight is 385 g/mol. The van der Waals surface area contributed by atoms with Crippen LogP contribution >= 0.6 is 15.9 Å². The van der Waals surface area contributed by atoms with E-state index in [1.165, 1.54) is 0 Å². The van der Waals surface area contributed by atoms with Crippen molar-refractivity contribution >= 4 is 21.8 Å². The van der Waals surface area contributed by atoms with Crippen molar-refractivity contribution in [2.45, 2.75) is 13.0 Å². The van der Waals surface area contributed by atoms with Crippen molar-refractivity contribution < 1.29 is 19.0 Å². The Morgan fingerprint density at radius 2 is 2.17 bits per heavy atom. The van der Waals surface area contributed by atoms with Crippen LogP contribution in [0.2, 0.25) is 0 Å². The first kappa shape index (κ1) is 16.5. The largest absolute Gasteiger partial charge is 0.486 e. The molecule has 0 aliphatic carbocycles. The third-order valence-electron chi connectivity index (χ3n) is 4.20. The minimum absolute atomic E-state index is 0.00889. The van der Waals surface area contributed by atoms with Crippen LogP contribution < -0.4 is 15.2 Å². The average Bonchev–Trinajstić information content (AvgIpc) is 2.97. The molecule has 1 saturated heterocycles. The van der Waals surface area contributed by atoms with Crippen molar-refractivity contribution in [1.82, 2.24) is 4.90 Å². The first-order valence-electron chi connectivity index (χ1n) is 7.84. The van der Waals surface area contributed by atoms with Crippen LogP contribution in [0.15, 0.2) is 16.6 Å².